The van der Waals surface area contributed by atoms with Crippen molar-refractivity contribution in [3.05, 3.63) is 59.3 Å². The Balaban J connectivity index is 1.48. The van der Waals surface area contributed by atoms with Crippen molar-refractivity contribution in [2.75, 3.05) is 17.9 Å². The summed E-state index contributed by atoms with van der Waals surface area (Å²) in [5.74, 6) is 0.947. The van der Waals surface area contributed by atoms with Crippen LogP contribution in [0.4, 0.5) is 18.9 Å². The van der Waals surface area contributed by atoms with Crippen LogP contribution in [0.25, 0.3) is 11.3 Å². The van der Waals surface area contributed by atoms with Crippen LogP contribution in [0.5, 0.6) is 11.5 Å². The lowest BCUT2D eigenvalue weighted by molar-refractivity contribution is -0.141. The van der Waals surface area contributed by atoms with E-state index >= 15 is 0 Å². The molecule has 4 rings (SSSR count). The molecule has 172 valence electrons. The Morgan fingerprint density at radius 3 is 2.67 bits per heavy atom. The summed E-state index contributed by atoms with van der Waals surface area (Å²) in [4.78, 5) is 20.2. The maximum Gasteiger partial charge on any atom is 0.433 e. The van der Waals surface area contributed by atoms with E-state index in [9.17, 15) is 18.0 Å². The van der Waals surface area contributed by atoms with Crippen molar-refractivity contribution in [1.29, 1.82) is 0 Å². The number of fused-ring (bicyclic) bond motifs is 1. The summed E-state index contributed by atoms with van der Waals surface area (Å²) >= 11 is 0.992. The van der Waals surface area contributed by atoms with Gasteiger partial charge in [0.25, 0.3) is 0 Å². The zero-order valence-electron chi connectivity index (χ0n) is 17.8. The second kappa shape index (κ2) is 9.30. The highest BCUT2D eigenvalue weighted by atomic mass is 32.2. The smallest absolute Gasteiger partial charge is 0.433 e. The molecule has 10 heteroatoms. The van der Waals surface area contributed by atoms with Gasteiger partial charge in [0.1, 0.15) is 5.69 Å². The molecular formula is C23H20F3N3O3S. The van der Waals surface area contributed by atoms with E-state index in [0.29, 0.717) is 22.7 Å². The number of aromatic nitrogens is 2. The molecule has 0 unspecified atom stereocenters. The number of alkyl halides is 3. The Morgan fingerprint density at radius 2 is 1.88 bits per heavy atom. The molecule has 1 amide bonds. The zero-order valence-corrected chi connectivity index (χ0v) is 18.6. The van der Waals surface area contributed by atoms with E-state index in [0.717, 1.165) is 29.0 Å². The van der Waals surface area contributed by atoms with Crippen LogP contribution in [0.3, 0.4) is 0 Å². The van der Waals surface area contributed by atoms with Crippen LogP contribution in [0.1, 0.15) is 23.2 Å². The number of carbonyl (C=O) groups is 1. The standard InChI is InChI=1S/C23H20F3N3O3S/c1-13-4-3-5-16(14(13)2)27-21(30)8-9-33-22-28-17(11-20(29-22)23(24,25)26)15-6-7-18-19(10-15)32-12-31-18/h3-7,10-11H,8-9,12H2,1-2H3,(H,27,30). The topological polar surface area (TPSA) is 73.3 Å². The molecule has 33 heavy (non-hydrogen) atoms. The van der Waals surface area contributed by atoms with Crippen molar-refractivity contribution in [1.82, 2.24) is 9.97 Å². The molecule has 2 heterocycles. The fraction of sp³-hybridized carbons (Fsp3) is 0.261. The zero-order chi connectivity index (χ0) is 23.6. The van der Waals surface area contributed by atoms with E-state index in [-0.39, 0.29) is 35.7 Å². The van der Waals surface area contributed by atoms with Crippen molar-refractivity contribution >= 4 is 23.4 Å². The monoisotopic (exact) mass is 475 g/mol. The van der Waals surface area contributed by atoms with Crippen LogP contribution in [0.15, 0.2) is 47.6 Å². The quantitative estimate of drug-likeness (QED) is 0.368. The summed E-state index contributed by atoms with van der Waals surface area (Å²) in [5.41, 5.74) is 2.24. The van der Waals surface area contributed by atoms with Gasteiger partial charge in [0.05, 0.1) is 5.69 Å². The predicted molar refractivity (Wildman–Crippen MR) is 118 cm³/mol. The first-order valence-electron chi connectivity index (χ1n) is 10.1. The number of rotatable bonds is 6. The first kappa shape index (κ1) is 22.9. The van der Waals surface area contributed by atoms with Gasteiger partial charge in [0.15, 0.2) is 16.7 Å². The molecule has 0 atom stereocenters. The lowest BCUT2D eigenvalue weighted by atomic mass is 10.1. The van der Waals surface area contributed by atoms with E-state index in [1.54, 1.807) is 24.3 Å². The van der Waals surface area contributed by atoms with E-state index in [4.69, 9.17) is 9.47 Å². The molecule has 0 radical (unpaired) electrons. The van der Waals surface area contributed by atoms with E-state index in [2.05, 4.69) is 15.3 Å². The molecule has 0 bridgehead atoms. The number of benzene rings is 2. The summed E-state index contributed by atoms with van der Waals surface area (Å²) in [6.07, 6.45) is -4.54. The minimum atomic E-state index is -4.64. The first-order chi connectivity index (χ1) is 15.7. The van der Waals surface area contributed by atoms with Crippen LogP contribution in [0, 0.1) is 13.8 Å². The summed E-state index contributed by atoms with van der Waals surface area (Å²) in [6.45, 7) is 3.92. The summed E-state index contributed by atoms with van der Waals surface area (Å²) < 4.78 is 50.9. The maximum atomic E-state index is 13.4. The van der Waals surface area contributed by atoms with Gasteiger partial charge in [0, 0.05) is 23.4 Å². The Hall–Kier alpha value is -3.27. The fourth-order valence-electron chi connectivity index (χ4n) is 3.17. The van der Waals surface area contributed by atoms with E-state index in [1.165, 1.54) is 0 Å². The molecular weight excluding hydrogens is 455 g/mol. The Kier molecular flexibility index (Phi) is 6.46. The number of amides is 1. The molecule has 6 nitrogen and oxygen atoms in total. The summed E-state index contributed by atoms with van der Waals surface area (Å²) in [5, 5.41) is 2.78. The van der Waals surface area contributed by atoms with Crippen LogP contribution in [-0.4, -0.2) is 28.4 Å². The van der Waals surface area contributed by atoms with Crippen LogP contribution >= 0.6 is 11.8 Å². The number of thioether (sulfide) groups is 1. The molecule has 0 spiro atoms. The molecule has 1 aliphatic rings. The molecule has 3 aromatic rings. The predicted octanol–water partition coefficient (Wildman–Crippen LogP) is 5.63. The first-order valence-corrected chi connectivity index (χ1v) is 11.0. The minimum Gasteiger partial charge on any atom is -0.454 e. The molecule has 1 aromatic heterocycles. The molecule has 0 saturated heterocycles. The van der Waals surface area contributed by atoms with Crippen LogP contribution in [-0.2, 0) is 11.0 Å². The lowest BCUT2D eigenvalue weighted by Crippen LogP contribution is -2.14. The third-order valence-corrected chi connectivity index (χ3v) is 5.95. The number of hydrogen-bond donors (Lipinski definition) is 1. The van der Waals surface area contributed by atoms with Gasteiger partial charge in [-0.15, -0.1) is 0 Å². The molecule has 1 aliphatic heterocycles. The number of nitrogens with zero attached hydrogens (tertiary/aromatic N) is 2. The number of anilines is 1. The van der Waals surface area contributed by atoms with Gasteiger partial charge in [-0.1, -0.05) is 23.9 Å². The number of carbonyl (C=O) groups excluding carboxylic acids is 1. The Labute approximate surface area is 192 Å². The van der Waals surface area contributed by atoms with Crippen molar-refractivity contribution in [2.45, 2.75) is 31.6 Å². The second-order valence-electron chi connectivity index (χ2n) is 7.38. The van der Waals surface area contributed by atoms with Crippen LogP contribution in [0.2, 0.25) is 0 Å². The van der Waals surface area contributed by atoms with Gasteiger partial charge in [0.2, 0.25) is 12.7 Å². The molecule has 0 fully saturated rings. The molecule has 0 saturated carbocycles. The summed E-state index contributed by atoms with van der Waals surface area (Å²) in [7, 11) is 0. The Bertz CT molecular complexity index is 1200. The highest BCUT2D eigenvalue weighted by molar-refractivity contribution is 7.99. The highest BCUT2D eigenvalue weighted by Crippen LogP contribution is 2.37. The SMILES string of the molecule is Cc1cccc(NC(=O)CCSc2nc(-c3ccc4c(c3)OCO4)cc(C(F)(F)F)n2)c1C. The van der Waals surface area contributed by atoms with Crippen molar-refractivity contribution in [2.24, 2.45) is 0 Å². The largest absolute Gasteiger partial charge is 0.454 e. The third-order valence-electron chi connectivity index (χ3n) is 5.10. The number of aryl methyl sites for hydroxylation is 1. The van der Waals surface area contributed by atoms with Crippen molar-refractivity contribution in [3.63, 3.8) is 0 Å². The lowest BCUT2D eigenvalue weighted by Gasteiger charge is -2.12. The molecule has 1 N–H and O–H groups in total. The molecule has 2 aromatic carbocycles. The van der Waals surface area contributed by atoms with Gasteiger partial charge in [-0.3, -0.25) is 4.79 Å². The van der Waals surface area contributed by atoms with Crippen molar-refractivity contribution in [3.8, 4) is 22.8 Å². The van der Waals surface area contributed by atoms with E-state index in [1.807, 2.05) is 26.0 Å². The Morgan fingerprint density at radius 1 is 1.09 bits per heavy atom. The number of hydrogen-bond acceptors (Lipinski definition) is 6. The summed E-state index contributed by atoms with van der Waals surface area (Å²) in [6, 6.07) is 11.3. The second-order valence-corrected chi connectivity index (χ2v) is 8.44. The van der Waals surface area contributed by atoms with Gasteiger partial charge in [-0.2, -0.15) is 13.2 Å². The van der Waals surface area contributed by atoms with Gasteiger partial charge in [-0.25, -0.2) is 9.97 Å². The number of halogens is 3. The third kappa shape index (κ3) is 5.39. The highest BCUT2D eigenvalue weighted by Gasteiger charge is 2.34. The van der Waals surface area contributed by atoms with Gasteiger partial charge < -0.3 is 14.8 Å². The fourth-order valence-corrected chi connectivity index (χ4v) is 3.97. The van der Waals surface area contributed by atoms with Gasteiger partial charge >= 0.3 is 6.18 Å². The van der Waals surface area contributed by atoms with E-state index < -0.39 is 11.9 Å². The normalized spacial score (nSPS) is 12.6. The maximum absolute atomic E-state index is 13.4. The minimum absolute atomic E-state index is 0.0571. The number of nitrogens with one attached hydrogen (secondary N) is 1. The molecule has 0 aliphatic carbocycles. The van der Waals surface area contributed by atoms with Crippen molar-refractivity contribution < 1.29 is 27.4 Å². The van der Waals surface area contributed by atoms with Gasteiger partial charge in [-0.05, 0) is 55.3 Å². The van der Waals surface area contributed by atoms with Crippen LogP contribution < -0.4 is 14.8 Å². The average Bonchev–Trinajstić information content (AvgIpc) is 3.24. The average molecular weight is 475 g/mol. The number of ether oxygens (including phenoxy) is 2.